The Labute approximate surface area is 167 Å². The van der Waals surface area contributed by atoms with Crippen molar-refractivity contribution < 1.29 is 9.53 Å². The molecule has 0 aliphatic rings. The lowest BCUT2D eigenvalue weighted by molar-refractivity contribution is -0.113. The van der Waals surface area contributed by atoms with Gasteiger partial charge in [-0.15, -0.1) is 21.5 Å². The van der Waals surface area contributed by atoms with E-state index in [1.165, 1.54) is 16.6 Å². The summed E-state index contributed by atoms with van der Waals surface area (Å²) in [7, 11) is 1.60. The van der Waals surface area contributed by atoms with Crippen molar-refractivity contribution in [2.24, 2.45) is 0 Å². The minimum atomic E-state index is -0.0977. The highest BCUT2D eigenvalue weighted by Crippen LogP contribution is 2.30. The third-order valence-electron chi connectivity index (χ3n) is 3.86. The van der Waals surface area contributed by atoms with Gasteiger partial charge in [0.15, 0.2) is 11.0 Å². The highest BCUT2D eigenvalue weighted by atomic mass is 32.2. The van der Waals surface area contributed by atoms with E-state index in [-0.39, 0.29) is 17.7 Å². The van der Waals surface area contributed by atoms with Crippen molar-refractivity contribution >= 4 is 34.7 Å². The molecule has 0 unspecified atom stereocenters. The van der Waals surface area contributed by atoms with Crippen molar-refractivity contribution in [3.05, 3.63) is 40.6 Å². The van der Waals surface area contributed by atoms with Gasteiger partial charge in [-0.1, -0.05) is 17.8 Å². The van der Waals surface area contributed by atoms with Crippen LogP contribution in [0.5, 0.6) is 5.75 Å². The van der Waals surface area contributed by atoms with Gasteiger partial charge in [-0.3, -0.25) is 9.36 Å². The Morgan fingerprint density at radius 3 is 2.81 bits per heavy atom. The van der Waals surface area contributed by atoms with Gasteiger partial charge in [-0.05, 0) is 39.0 Å². The zero-order valence-corrected chi connectivity index (χ0v) is 17.4. The van der Waals surface area contributed by atoms with E-state index in [1.54, 1.807) is 24.5 Å². The Balaban J connectivity index is 1.70. The van der Waals surface area contributed by atoms with Crippen molar-refractivity contribution in [1.82, 2.24) is 14.8 Å². The molecule has 2 heterocycles. The molecule has 8 heteroatoms. The van der Waals surface area contributed by atoms with Crippen LogP contribution in [0.4, 0.5) is 5.69 Å². The SMILES string of the molecule is COc1cccc(NC(=O)CSc2nnc(-c3csc(C)c3)n2C(C)C)c1. The van der Waals surface area contributed by atoms with E-state index in [2.05, 4.69) is 52.3 Å². The number of aryl methyl sites for hydroxylation is 1. The van der Waals surface area contributed by atoms with E-state index in [0.717, 1.165) is 16.5 Å². The minimum absolute atomic E-state index is 0.0977. The Bertz CT molecular complexity index is 933. The number of aromatic nitrogens is 3. The molecule has 0 fully saturated rings. The molecule has 0 saturated heterocycles. The Morgan fingerprint density at radius 1 is 1.33 bits per heavy atom. The fourth-order valence-electron chi connectivity index (χ4n) is 2.63. The minimum Gasteiger partial charge on any atom is -0.497 e. The number of carbonyl (C=O) groups is 1. The summed E-state index contributed by atoms with van der Waals surface area (Å²) in [5.74, 6) is 1.70. The predicted molar refractivity (Wildman–Crippen MR) is 111 cm³/mol. The summed E-state index contributed by atoms with van der Waals surface area (Å²) in [6.45, 7) is 6.25. The highest BCUT2D eigenvalue weighted by molar-refractivity contribution is 7.99. The fraction of sp³-hybridized carbons (Fsp3) is 0.316. The Morgan fingerprint density at radius 2 is 2.15 bits per heavy atom. The van der Waals surface area contributed by atoms with Crippen LogP contribution in [-0.4, -0.2) is 33.5 Å². The van der Waals surface area contributed by atoms with Crippen molar-refractivity contribution in [3.8, 4) is 17.1 Å². The quantitative estimate of drug-likeness (QED) is 0.583. The van der Waals surface area contributed by atoms with Crippen molar-refractivity contribution in [3.63, 3.8) is 0 Å². The van der Waals surface area contributed by atoms with E-state index in [4.69, 9.17) is 4.74 Å². The number of hydrogen-bond acceptors (Lipinski definition) is 6. The Kier molecular flexibility index (Phi) is 6.18. The smallest absolute Gasteiger partial charge is 0.234 e. The average Bonchev–Trinajstić information content (AvgIpc) is 3.26. The molecule has 1 N–H and O–H groups in total. The normalized spacial score (nSPS) is 11.0. The van der Waals surface area contributed by atoms with E-state index in [9.17, 15) is 4.79 Å². The monoisotopic (exact) mass is 402 g/mol. The predicted octanol–water partition coefficient (Wildman–Crippen LogP) is 4.64. The van der Waals surface area contributed by atoms with Crippen LogP contribution in [0.25, 0.3) is 11.4 Å². The van der Waals surface area contributed by atoms with Gasteiger partial charge in [0.25, 0.3) is 0 Å². The van der Waals surface area contributed by atoms with Crippen molar-refractivity contribution in [2.75, 3.05) is 18.2 Å². The van der Waals surface area contributed by atoms with Crippen LogP contribution < -0.4 is 10.1 Å². The molecule has 0 atom stereocenters. The number of nitrogens with one attached hydrogen (secondary N) is 1. The molecule has 6 nitrogen and oxygen atoms in total. The molecule has 0 aliphatic carbocycles. The maximum Gasteiger partial charge on any atom is 0.234 e. The molecule has 27 heavy (non-hydrogen) atoms. The second kappa shape index (κ2) is 8.58. The number of nitrogens with zero attached hydrogens (tertiary/aromatic N) is 3. The summed E-state index contributed by atoms with van der Waals surface area (Å²) in [5, 5.41) is 14.4. The van der Waals surface area contributed by atoms with Crippen LogP contribution in [0.1, 0.15) is 24.8 Å². The summed E-state index contributed by atoms with van der Waals surface area (Å²) in [5.41, 5.74) is 1.77. The molecule has 0 saturated carbocycles. The molecular weight excluding hydrogens is 380 g/mol. The average molecular weight is 403 g/mol. The van der Waals surface area contributed by atoms with E-state index < -0.39 is 0 Å². The first-order chi connectivity index (χ1) is 13.0. The molecule has 1 aromatic carbocycles. The van der Waals surface area contributed by atoms with Crippen LogP contribution in [0.3, 0.4) is 0 Å². The first-order valence-electron chi connectivity index (χ1n) is 8.55. The third kappa shape index (κ3) is 4.70. The van der Waals surface area contributed by atoms with Crippen molar-refractivity contribution in [2.45, 2.75) is 32.0 Å². The second-order valence-corrected chi connectivity index (χ2v) is 8.34. The van der Waals surface area contributed by atoms with Crippen LogP contribution in [-0.2, 0) is 4.79 Å². The largest absolute Gasteiger partial charge is 0.497 e. The number of anilines is 1. The lowest BCUT2D eigenvalue weighted by Crippen LogP contribution is -2.15. The molecule has 142 valence electrons. The zero-order chi connectivity index (χ0) is 19.4. The topological polar surface area (TPSA) is 69.0 Å². The van der Waals surface area contributed by atoms with Gasteiger partial charge in [0, 0.05) is 33.6 Å². The molecule has 3 aromatic rings. The van der Waals surface area contributed by atoms with Gasteiger partial charge in [-0.25, -0.2) is 0 Å². The Hall–Kier alpha value is -2.32. The molecule has 3 rings (SSSR count). The van der Waals surface area contributed by atoms with Gasteiger partial charge in [0.1, 0.15) is 5.75 Å². The maximum atomic E-state index is 12.3. The number of thioether (sulfide) groups is 1. The van der Waals surface area contributed by atoms with E-state index in [0.29, 0.717) is 11.4 Å². The van der Waals surface area contributed by atoms with Gasteiger partial charge >= 0.3 is 0 Å². The number of thiophene rings is 1. The number of ether oxygens (including phenoxy) is 1. The van der Waals surface area contributed by atoms with Gasteiger partial charge in [0.2, 0.25) is 5.91 Å². The fourth-order valence-corrected chi connectivity index (χ4v) is 4.18. The number of amides is 1. The maximum absolute atomic E-state index is 12.3. The summed E-state index contributed by atoms with van der Waals surface area (Å²) in [6.07, 6.45) is 0. The molecule has 0 aliphatic heterocycles. The highest BCUT2D eigenvalue weighted by Gasteiger charge is 2.18. The van der Waals surface area contributed by atoms with Gasteiger partial charge in [-0.2, -0.15) is 0 Å². The first-order valence-corrected chi connectivity index (χ1v) is 10.4. The molecule has 0 bridgehead atoms. The molecule has 1 amide bonds. The number of benzene rings is 1. The van der Waals surface area contributed by atoms with E-state index >= 15 is 0 Å². The summed E-state index contributed by atoms with van der Waals surface area (Å²) >= 11 is 3.07. The number of rotatable bonds is 7. The second-order valence-electron chi connectivity index (χ2n) is 6.28. The lowest BCUT2D eigenvalue weighted by Gasteiger charge is -2.13. The van der Waals surface area contributed by atoms with Crippen LogP contribution in [0.2, 0.25) is 0 Å². The van der Waals surface area contributed by atoms with Crippen LogP contribution in [0.15, 0.2) is 40.9 Å². The number of carbonyl (C=O) groups excluding carboxylic acids is 1. The summed E-state index contributed by atoms with van der Waals surface area (Å²) in [4.78, 5) is 13.5. The number of methoxy groups -OCH3 is 1. The molecule has 0 spiro atoms. The van der Waals surface area contributed by atoms with Gasteiger partial charge in [0.05, 0.1) is 12.9 Å². The molecular formula is C19H22N4O2S2. The van der Waals surface area contributed by atoms with Gasteiger partial charge < -0.3 is 10.1 Å². The summed E-state index contributed by atoms with van der Waals surface area (Å²) < 4.78 is 7.25. The first kappa shape index (κ1) is 19.4. The van der Waals surface area contributed by atoms with Crippen molar-refractivity contribution in [1.29, 1.82) is 0 Å². The number of hydrogen-bond donors (Lipinski definition) is 1. The van der Waals surface area contributed by atoms with Crippen LogP contribution >= 0.6 is 23.1 Å². The lowest BCUT2D eigenvalue weighted by atomic mass is 10.3. The van der Waals surface area contributed by atoms with Crippen LogP contribution in [0, 0.1) is 6.92 Å². The molecule has 2 aromatic heterocycles. The zero-order valence-electron chi connectivity index (χ0n) is 15.7. The third-order valence-corrected chi connectivity index (χ3v) is 5.66. The standard InChI is InChI=1S/C19H22N4O2S2/c1-12(2)23-18(14-8-13(3)26-10-14)21-22-19(23)27-11-17(24)20-15-6-5-7-16(9-15)25-4/h5-10,12H,11H2,1-4H3,(H,20,24). The summed E-state index contributed by atoms with van der Waals surface area (Å²) in [6, 6.07) is 9.60. The molecule has 0 radical (unpaired) electrons. The van der Waals surface area contributed by atoms with E-state index in [1.807, 2.05) is 18.2 Å².